The number of thiocarbonyl (C=S) groups is 1. The molecule has 5 nitrogen and oxygen atoms in total. The van der Waals surface area contributed by atoms with Crippen LogP contribution in [0.25, 0.3) is 0 Å². The van der Waals surface area contributed by atoms with Crippen molar-refractivity contribution in [3.05, 3.63) is 48.0 Å². The number of rotatable bonds is 6. The van der Waals surface area contributed by atoms with Gasteiger partial charge in [0.2, 0.25) is 0 Å². The number of nitrogens with one attached hydrogen (secondary N) is 2. The van der Waals surface area contributed by atoms with E-state index in [-0.39, 0.29) is 6.04 Å². The fourth-order valence-corrected chi connectivity index (χ4v) is 3.24. The van der Waals surface area contributed by atoms with Crippen LogP contribution in [0.1, 0.15) is 32.4 Å². The quantitative estimate of drug-likeness (QED) is 0.711. The third-order valence-electron chi connectivity index (χ3n) is 4.30. The molecule has 6 heteroatoms. The molecule has 0 unspecified atom stereocenters. The summed E-state index contributed by atoms with van der Waals surface area (Å²) >= 11 is 5.53. The molecule has 2 aromatic carbocycles. The number of ether oxygens (including phenoxy) is 3. The third-order valence-corrected chi connectivity index (χ3v) is 4.52. The molecule has 0 fully saturated rings. The van der Waals surface area contributed by atoms with E-state index < -0.39 is 0 Å². The van der Waals surface area contributed by atoms with Crippen molar-refractivity contribution in [2.45, 2.75) is 26.8 Å². The smallest absolute Gasteiger partial charge is 0.171 e. The molecule has 2 aromatic rings. The summed E-state index contributed by atoms with van der Waals surface area (Å²) in [5, 5.41) is 7.23. The minimum absolute atomic E-state index is 0.0588. The van der Waals surface area contributed by atoms with Crippen LogP contribution in [0.4, 0.5) is 5.69 Å². The van der Waals surface area contributed by atoms with Gasteiger partial charge in [-0.1, -0.05) is 19.9 Å². The van der Waals surface area contributed by atoms with Gasteiger partial charge in [-0.15, -0.1) is 0 Å². The monoisotopic (exact) mass is 386 g/mol. The number of hydrogen-bond donors (Lipinski definition) is 2. The van der Waals surface area contributed by atoms with E-state index in [0.717, 1.165) is 28.5 Å². The Morgan fingerprint density at radius 1 is 1.07 bits per heavy atom. The summed E-state index contributed by atoms with van der Waals surface area (Å²) in [5.74, 6) is 2.77. The molecule has 27 heavy (non-hydrogen) atoms. The van der Waals surface area contributed by atoms with Gasteiger partial charge in [0, 0.05) is 5.69 Å². The Morgan fingerprint density at radius 3 is 2.44 bits per heavy atom. The normalized spacial score (nSPS) is 13.8. The third kappa shape index (κ3) is 5.04. The van der Waals surface area contributed by atoms with E-state index in [9.17, 15) is 0 Å². The van der Waals surface area contributed by atoms with Crippen LogP contribution in [0.15, 0.2) is 42.5 Å². The van der Waals surface area contributed by atoms with E-state index in [1.165, 1.54) is 0 Å². The van der Waals surface area contributed by atoms with Crippen LogP contribution in [0.3, 0.4) is 0 Å². The van der Waals surface area contributed by atoms with Gasteiger partial charge in [-0.25, -0.2) is 0 Å². The summed E-state index contributed by atoms with van der Waals surface area (Å²) in [6, 6.07) is 13.9. The Bertz CT molecular complexity index is 777. The van der Waals surface area contributed by atoms with Crippen LogP contribution in [0.2, 0.25) is 0 Å². The fourth-order valence-electron chi connectivity index (χ4n) is 3.00. The standard InChI is InChI=1S/C21H26N2O3S/c1-4-24-17-8-6-16(7-9-17)22-21(27)23-20(14(2)3)15-5-10-18-19(13-15)26-12-11-25-18/h5-10,13-14,20H,4,11-12H2,1-3H3,(H2,22,23,27)/t20-/m1/s1. The van der Waals surface area contributed by atoms with Gasteiger partial charge < -0.3 is 24.8 Å². The zero-order chi connectivity index (χ0) is 19.2. The molecule has 0 amide bonds. The number of fused-ring (bicyclic) bond motifs is 1. The molecule has 1 aliphatic heterocycles. The Labute approximate surface area is 166 Å². The molecule has 0 saturated carbocycles. The lowest BCUT2D eigenvalue weighted by atomic mass is 9.95. The van der Waals surface area contributed by atoms with Crippen LogP contribution >= 0.6 is 12.2 Å². The number of hydrogen-bond acceptors (Lipinski definition) is 4. The zero-order valence-corrected chi connectivity index (χ0v) is 16.8. The summed E-state index contributed by atoms with van der Waals surface area (Å²) in [5.41, 5.74) is 2.03. The summed E-state index contributed by atoms with van der Waals surface area (Å²) < 4.78 is 16.8. The lowest BCUT2D eigenvalue weighted by molar-refractivity contribution is 0.171. The summed E-state index contributed by atoms with van der Waals surface area (Å²) in [4.78, 5) is 0. The van der Waals surface area contributed by atoms with Gasteiger partial charge in [-0.2, -0.15) is 0 Å². The van der Waals surface area contributed by atoms with Crippen molar-refractivity contribution >= 4 is 23.0 Å². The number of benzene rings is 2. The molecule has 0 aliphatic carbocycles. The lowest BCUT2D eigenvalue weighted by Crippen LogP contribution is -2.35. The predicted molar refractivity (Wildman–Crippen MR) is 112 cm³/mol. The molecule has 0 aromatic heterocycles. The van der Waals surface area contributed by atoms with Crippen LogP contribution in [-0.2, 0) is 0 Å². The molecule has 1 heterocycles. The average Bonchev–Trinajstić information content (AvgIpc) is 2.67. The molecular weight excluding hydrogens is 360 g/mol. The van der Waals surface area contributed by atoms with Crippen LogP contribution < -0.4 is 24.8 Å². The Morgan fingerprint density at radius 2 is 1.78 bits per heavy atom. The van der Waals surface area contributed by atoms with Crippen LogP contribution in [-0.4, -0.2) is 24.9 Å². The number of anilines is 1. The van der Waals surface area contributed by atoms with Crippen molar-refractivity contribution in [1.82, 2.24) is 5.32 Å². The highest BCUT2D eigenvalue weighted by Gasteiger charge is 2.20. The first kappa shape index (κ1) is 19.3. The second-order valence-electron chi connectivity index (χ2n) is 6.68. The van der Waals surface area contributed by atoms with Crippen molar-refractivity contribution in [3.63, 3.8) is 0 Å². The van der Waals surface area contributed by atoms with Gasteiger partial charge >= 0.3 is 0 Å². The highest BCUT2D eigenvalue weighted by Crippen LogP contribution is 2.34. The topological polar surface area (TPSA) is 51.8 Å². The Kier molecular flexibility index (Phi) is 6.40. The minimum Gasteiger partial charge on any atom is -0.494 e. The van der Waals surface area contributed by atoms with Crippen LogP contribution in [0.5, 0.6) is 17.2 Å². The molecule has 3 rings (SSSR count). The average molecular weight is 387 g/mol. The maximum atomic E-state index is 5.71. The van der Waals surface area contributed by atoms with Crippen molar-refractivity contribution < 1.29 is 14.2 Å². The molecule has 144 valence electrons. The summed E-state index contributed by atoms with van der Waals surface area (Å²) in [6.07, 6.45) is 0. The molecular formula is C21H26N2O3S. The fraction of sp³-hybridized carbons (Fsp3) is 0.381. The SMILES string of the molecule is CCOc1ccc(NC(=S)N[C@@H](c2ccc3c(c2)OCCO3)C(C)C)cc1. The van der Waals surface area contributed by atoms with Gasteiger partial charge in [0.1, 0.15) is 19.0 Å². The largest absolute Gasteiger partial charge is 0.494 e. The van der Waals surface area contributed by atoms with E-state index in [1.54, 1.807) is 0 Å². The first-order valence-electron chi connectivity index (χ1n) is 9.26. The zero-order valence-electron chi connectivity index (χ0n) is 16.0. The molecule has 0 bridgehead atoms. The van der Waals surface area contributed by atoms with Gasteiger partial charge in [0.25, 0.3) is 0 Å². The van der Waals surface area contributed by atoms with E-state index in [2.05, 4.69) is 30.5 Å². The van der Waals surface area contributed by atoms with E-state index in [4.69, 9.17) is 26.4 Å². The molecule has 1 atom stereocenters. The van der Waals surface area contributed by atoms with Crippen molar-refractivity contribution in [1.29, 1.82) is 0 Å². The first-order chi connectivity index (χ1) is 13.1. The van der Waals surface area contributed by atoms with E-state index in [0.29, 0.717) is 30.9 Å². The molecule has 0 saturated heterocycles. The summed E-state index contributed by atoms with van der Waals surface area (Å²) in [7, 11) is 0. The van der Waals surface area contributed by atoms with Gasteiger partial charge in [0.15, 0.2) is 16.6 Å². The molecule has 1 aliphatic rings. The second kappa shape index (κ2) is 8.95. The first-order valence-corrected chi connectivity index (χ1v) is 9.67. The van der Waals surface area contributed by atoms with Gasteiger partial charge in [0.05, 0.1) is 12.6 Å². The second-order valence-corrected chi connectivity index (χ2v) is 7.09. The highest BCUT2D eigenvalue weighted by atomic mass is 32.1. The van der Waals surface area contributed by atoms with E-state index in [1.807, 2.05) is 43.3 Å². The van der Waals surface area contributed by atoms with E-state index >= 15 is 0 Å². The predicted octanol–water partition coefficient (Wildman–Crippen LogP) is 4.54. The lowest BCUT2D eigenvalue weighted by Gasteiger charge is -2.26. The molecule has 2 N–H and O–H groups in total. The Hall–Kier alpha value is -2.47. The molecule has 0 spiro atoms. The maximum Gasteiger partial charge on any atom is 0.171 e. The Balaban J connectivity index is 1.67. The van der Waals surface area contributed by atoms with Gasteiger partial charge in [-0.05, 0) is 67.0 Å². The van der Waals surface area contributed by atoms with Crippen molar-refractivity contribution in [3.8, 4) is 17.2 Å². The van der Waals surface area contributed by atoms with Crippen LogP contribution in [0, 0.1) is 5.92 Å². The van der Waals surface area contributed by atoms with Gasteiger partial charge in [-0.3, -0.25) is 0 Å². The summed E-state index contributed by atoms with van der Waals surface area (Å²) in [6.45, 7) is 8.11. The maximum absolute atomic E-state index is 5.71. The van der Waals surface area contributed by atoms with Crippen molar-refractivity contribution in [2.75, 3.05) is 25.1 Å². The highest BCUT2D eigenvalue weighted by molar-refractivity contribution is 7.80. The van der Waals surface area contributed by atoms with Crippen molar-refractivity contribution in [2.24, 2.45) is 5.92 Å². The minimum atomic E-state index is 0.0588. The molecule has 0 radical (unpaired) electrons.